The van der Waals surface area contributed by atoms with E-state index in [1.54, 1.807) is 39.0 Å². The van der Waals surface area contributed by atoms with Crippen LogP contribution in [0.5, 0.6) is 11.5 Å². The molecule has 99 heavy (non-hydrogen) atoms. The number of halogens is 5. The Hall–Kier alpha value is -3.72. The van der Waals surface area contributed by atoms with Crippen molar-refractivity contribution in [3.8, 4) is 11.5 Å². The fourth-order valence-electron chi connectivity index (χ4n) is 21.6. The predicted molar refractivity (Wildman–Crippen MR) is 377 cm³/mol. The van der Waals surface area contributed by atoms with Gasteiger partial charge in [0.2, 0.25) is 17.7 Å². The van der Waals surface area contributed by atoms with Crippen molar-refractivity contribution in [3.05, 3.63) is 128 Å². The quantitative estimate of drug-likeness (QED) is 0.0375. The van der Waals surface area contributed by atoms with Crippen LogP contribution in [0.3, 0.4) is 0 Å². The number of likely N-dealkylation sites (N-methyl/N-ethyl adjacent to an activating group) is 1. The van der Waals surface area contributed by atoms with E-state index >= 15 is 0 Å². The first-order valence-electron chi connectivity index (χ1n) is 37.9. The van der Waals surface area contributed by atoms with Crippen molar-refractivity contribution in [1.82, 2.24) is 19.6 Å². The van der Waals surface area contributed by atoms with Gasteiger partial charge in [0.25, 0.3) is 0 Å². The van der Waals surface area contributed by atoms with Crippen LogP contribution in [-0.2, 0) is 81.1 Å². The number of carbonyl (C=O) groups excluding carboxylic acids is 3. The molecule has 3 radical (unpaired) electrons. The van der Waals surface area contributed by atoms with Gasteiger partial charge in [-0.3, -0.25) is 14.4 Å². The Morgan fingerprint density at radius 2 is 0.919 bits per heavy atom. The van der Waals surface area contributed by atoms with Gasteiger partial charge in [-0.05, 0) is 227 Å². The summed E-state index contributed by atoms with van der Waals surface area (Å²) in [5.74, 6) is 2.57. The number of phenolic OH excluding ortho intramolecular Hbond substituents is 1. The average Bonchev–Trinajstić information content (AvgIpc) is 0.733. The normalized spacial score (nSPS) is 31.9. The number of benzene rings is 4. The van der Waals surface area contributed by atoms with Crippen molar-refractivity contribution < 1.29 is 94.6 Å². The van der Waals surface area contributed by atoms with Gasteiger partial charge in [-0.25, -0.2) is 5.26 Å². The molecule has 12 aliphatic rings. The molecule has 8 bridgehead atoms. The van der Waals surface area contributed by atoms with E-state index in [4.69, 9.17) is 46.1 Å². The number of piperidine rings is 4. The van der Waals surface area contributed by atoms with Gasteiger partial charge in [0, 0.05) is 118 Å². The maximum atomic E-state index is 12.7. The largest absolute Gasteiger partial charge is 1.00 e. The molecule has 4 heterocycles. The third kappa shape index (κ3) is 15.4. The van der Waals surface area contributed by atoms with E-state index in [1.165, 1.54) is 116 Å². The molecule has 4 aliphatic heterocycles. The van der Waals surface area contributed by atoms with E-state index in [0.29, 0.717) is 59.8 Å². The summed E-state index contributed by atoms with van der Waals surface area (Å²) in [5.41, 5.74) is 5.77. The molecule has 4 aromatic carbocycles. The number of nitrogens with zero attached hydrogens (tertiary/aromatic N) is 4. The molecular weight excluding hydrogens is 1360 g/mol. The molecule has 16 rings (SSSR count). The number of fused-ring (bicyclic) bond motifs is 4. The van der Waals surface area contributed by atoms with Gasteiger partial charge in [-0.2, -0.15) is 21.6 Å². The molecule has 4 saturated heterocycles. The Morgan fingerprint density at radius 3 is 1.27 bits per heavy atom. The van der Waals surface area contributed by atoms with E-state index < -0.39 is 37.6 Å². The van der Waals surface area contributed by atoms with Gasteiger partial charge in [-0.1, -0.05) is 111 Å². The second-order valence-corrected chi connectivity index (χ2v) is 32.5. The van der Waals surface area contributed by atoms with Gasteiger partial charge in [0.15, 0.2) is 0 Å². The molecule has 537 valence electrons. The third-order valence-electron chi connectivity index (χ3n) is 25.3. The number of aromatic hydroxyl groups is 1. The minimum atomic E-state index is -5.70. The minimum absolute atomic E-state index is 0. The van der Waals surface area contributed by atoms with Crippen molar-refractivity contribution in [3.63, 3.8) is 0 Å². The van der Waals surface area contributed by atoms with E-state index in [-0.39, 0.29) is 102 Å². The van der Waals surface area contributed by atoms with E-state index in [0.717, 1.165) is 114 Å². The van der Waals surface area contributed by atoms with Crippen LogP contribution in [0.1, 0.15) is 216 Å². The second kappa shape index (κ2) is 32.3. The zero-order valence-electron chi connectivity index (χ0n) is 64.7. The maximum Gasteiger partial charge on any atom is 1.00 e. The Morgan fingerprint density at radius 1 is 0.596 bits per heavy atom. The van der Waals surface area contributed by atoms with Crippen molar-refractivity contribution >= 4 is 76.7 Å². The first-order valence-corrected chi connectivity index (χ1v) is 38.5. The molecular formula is C75H101AlCl2F3LiN4O11PS. The van der Waals surface area contributed by atoms with Crippen molar-refractivity contribution in [2.75, 3.05) is 38.6 Å². The van der Waals surface area contributed by atoms with Crippen LogP contribution >= 0.6 is 31.5 Å². The number of rotatable bonds is 3. The summed E-state index contributed by atoms with van der Waals surface area (Å²) in [6.45, 7) is 4.39. The monoisotopic (exact) mass is 1460 g/mol. The number of alkyl halides is 5. The van der Waals surface area contributed by atoms with Crippen molar-refractivity contribution in [2.24, 2.45) is 23.7 Å². The Kier molecular flexibility index (Phi) is 23.2. The van der Waals surface area contributed by atoms with Crippen LogP contribution in [0, 0.1) is 37.4 Å². The molecule has 24 heteroatoms. The van der Waals surface area contributed by atoms with Gasteiger partial charge >= 0.3 is 42.7 Å². The fourth-order valence-corrected chi connectivity index (χ4v) is 22.0. The molecule has 4 saturated carbocycles. The van der Waals surface area contributed by atoms with E-state index in [1.807, 2.05) is 35.2 Å². The number of hydrogen-bond donors (Lipinski definition) is 2. The Balaban J connectivity index is 0.000000191. The van der Waals surface area contributed by atoms with Gasteiger partial charge in [-0.15, -0.1) is 23.2 Å². The van der Waals surface area contributed by atoms with Gasteiger partial charge < -0.3 is 35.2 Å². The standard InChI is InChI=1S/C19H22F3NO4S.C19H25NO.C18H23NO2.C18H25N.CH2Cl2.Al.Li.HO4P.H2.H/c1-12(24)23-9-8-18-7-3-2-4-15(18)17(23)10-13-5-6-14(11-16(13)18)27-28(25,26)19(20,21)22;1-13-6-7-15-12-18-16-5-3-4-8-19(16,17(15)11-13)9-10-20(18)14(2)21;1-12(20)19-9-8-18-7-3-2-4-15(18)17(19)10-13-5-6-14(21)11-16(13)18;1-13-6-7-14-12-17-15-5-3-4-8-18(15,16(14)11-13)9-10-19(17)2;2-1-3;;;1-4-5(2)3;;/h5-6,11,15,17H,2-4,7-10H2,1H3;6-7,11,16,18H,3-5,8-10,12H2,1-2H3;5-6,11,15,17,21H,2-4,7-10H2,1H3;6-7,11,15,17H,3-5,8-10,12H2,1-2H3;1H2;;;1H;1H;/q;;;;;;+1;;;-1/t15-,17+,18+;16-,18+,19+;2*15-,17+,18+;;;;;;/m1111....../s1/i;1D3;;1D3;;;;;;. The molecule has 2 N–H and O–H groups in total. The number of amides is 3. The predicted octanol–water partition coefficient (Wildman–Crippen LogP) is 11.7. The van der Waals surface area contributed by atoms with Crippen molar-refractivity contribution in [2.45, 2.75) is 240 Å². The first kappa shape index (κ1) is 70.9. The first-order chi connectivity index (χ1) is 48.6. The van der Waals surface area contributed by atoms with Crippen molar-refractivity contribution in [1.29, 1.82) is 0 Å². The number of phenols is 1. The fraction of sp³-hybridized carbons (Fsp3) is 0.640. The number of hydrogen-bond acceptors (Lipinski definition) is 12. The summed E-state index contributed by atoms with van der Waals surface area (Å²) >= 11 is 9.53. The molecule has 3 amide bonds. The zero-order chi connectivity index (χ0) is 74.6. The molecule has 13 atom stereocenters. The van der Waals surface area contributed by atoms with E-state index in [9.17, 15) is 41.1 Å². The second-order valence-electron chi connectivity index (χ2n) is 29.5. The third-order valence-corrected chi connectivity index (χ3v) is 26.5. The van der Waals surface area contributed by atoms with Gasteiger partial charge in [0.05, 0.1) is 5.34 Å². The topological polar surface area (TPSA) is 197 Å². The number of carbonyl (C=O) groups is 3. The molecule has 4 aromatic rings. The summed E-state index contributed by atoms with van der Waals surface area (Å²) in [4.78, 5) is 53.9. The van der Waals surface area contributed by atoms with Crippen LogP contribution in [0.15, 0.2) is 72.8 Å². The summed E-state index contributed by atoms with van der Waals surface area (Å²) < 4.78 is 123. The Bertz CT molecular complexity index is 3960. The molecule has 0 spiro atoms. The molecule has 0 aromatic heterocycles. The minimum Gasteiger partial charge on any atom is -1.00 e. The van der Waals surface area contributed by atoms with Gasteiger partial charge in [0.1, 0.15) is 11.5 Å². The van der Waals surface area contributed by atoms with E-state index in [2.05, 4.69) is 42.7 Å². The molecule has 15 nitrogen and oxygen atoms in total. The molecule has 8 aliphatic carbocycles. The molecule has 8 fully saturated rings. The average molecular weight is 1470 g/mol. The zero-order valence-corrected chi connectivity index (χ0v) is 62.1. The molecule has 1 unspecified atom stereocenters. The smallest absolute Gasteiger partial charge is 1.00 e. The SMILES string of the molecule is CC(=O)N1CC[C@@]23CCCC[C@@H]2[C@@H]1Cc1ccc(O)cc13.CC(=O)N1CC[C@@]23CCCC[C@@H]2[C@@H]1Cc1ccc(OS(=O)(=O)C(F)(F)F)cc13.ClCCl.O=[P+]([O-])OO.[2H]C([2H])([2H])c1ccc2c(c1)[C@]13CCCC[C@@H]1[C@H](C2)N(C(C)=O)CC3.[2H]C([2H])([2H])c1ccc2c(c1)[C@]13CCCC[C@@H]1[C@H](C2)N(C)CC3.[Al].[H-].[HH].[Li+]. The van der Waals surface area contributed by atoms with Crippen LogP contribution in [0.4, 0.5) is 13.2 Å². The number of likely N-dealkylation sites (tertiary alicyclic amines) is 4. The summed E-state index contributed by atoms with van der Waals surface area (Å²) in [6.07, 6.45) is 26.4. The van der Waals surface area contributed by atoms with Crippen LogP contribution in [0.25, 0.3) is 0 Å². The summed E-state index contributed by atoms with van der Waals surface area (Å²) in [5, 5.41) is 17.2. The number of aryl methyl sites for hydroxylation is 2. The van der Waals surface area contributed by atoms with Crippen LogP contribution in [-0.4, -0.2) is 142 Å². The summed E-state index contributed by atoms with van der Waals surface area (Å²) in [7, 11) is -6.48. The summed E-state index contributed by atoms with van der Waals surface area (Å²) in [6, 6.07) is 23.4. The maximum absolute atomic E-state index is 12.7. The van der Waals surface area contributed by atoms with Crippen LogP contribution in [0.2, 0.25) is 0 Å². The Labute approximate surface area is 629 Å². The van der Waals surface area contributed by atoms with Crippen LogP contribution < -0.4 is 27.9 Å².